The van der Waals surface area contributed by atoms with Gasteiger partial charge in [0.2, 0.25) is 0 Å². The van der Waals surface area contributed by atoms with Crippen LogP contribution in [0.4, 0.5) is 11.4 Å². The molecule has 0 unspecified atom stereocenters. The molecule has 3 aromatic rings. The number of hydrogen-bond donors (Lipinski definition) is 2. The molecule has 5 nitrogen and oxygen atoms in total. The fraction of sp³-hybridized carbons (Fsp3) is 0.357. The van der Waals surface area contributed by atoms with Crippen molar-refractivity contribution in [2.75, 3.05) is 10.9 Å². The fourth-order valence-corrected chi connectivity index (χ4v) is 4.50. The van der Waals surface area contributed by atoms with Gasteiger partial charge in [0.15, 0.2) is 0 Å². The average Bonchev–Trinajstić information content (AvgIpc) is 3.38. The van der Waals surface area contributed by atoms with Gasteiger partial charge in [0.25, 0.3) is 0 Å². The molecular formula is C28H32N4O. The van der Waals surface area contributed by atoms with Crippen molar-refractivity contribution < 1.29 is 4.42 Å². The van der Waals surface area contributed by atoms with Gasteiger partial charge in [-0.3, -0.25) is 10.9 Å². The zero-order chi connectivity index (χ0) is 22.3. The van der Waals surface area contributed by atoms with E-state index in [1.807, 2.05) is 12.1 Å². The summed E-state index contributed by atoms with van der Waals surface area (Å²) in [6.07, 6.45) is 12.2. The Kier molecular flexibility index (Phi) is 6.85. The minimum Gasteiger partial charge on any atom is -0.456 e. The summed E-state index contributed by atoms with van der Waals surface area (Å²) in [5.41, 5.74) is 13.1. The lowest BCUT2D eigenvalue weighted by atomic mass is 9.99. The second kappa shape index (κ2) is 10.5. The van der Waals surface area contributed by atoms with E-state index in [4.69, 9.17) is 4.42 Å². The molecule has 2 saturated carbocycles. The summed E-state index contributed by atoms with van der Waals surface area (Å²) in [6, 6.07) is 20.6. The van der Waals surface area contributed by atoms with E-state index in [-0.39, 0.29) is 0 Å². The van der Waals surface area contributed by atoms with Crippen LogP contribution in [-0.2, 0) is 0 Å². The van der Waals surface area contributed by atoms with Crippen LogP contribution in [0.3, 0.4) is 0 Å². The molecule has 0 saturated heterocycles. The minimum absolute atomic E-state index is 0.862. The second-order valence-electron chi connectivity index (χ2n) is 9.02. The van der Waals surface area contributed by atoms with Crippen LogP contribution < -0.4 is 10.9 Å². The van der Waals surface area contributed by atoms with Crippen LogP contribution >= 0.6 is 0 Å². The highest BCUT2D eigenvalue weighted by atomic mass is 16.3. The first kappa shape index (κ1) is 21.5. The first-order valence-electron chi connectivity index (χ1n) is 12.3. The molecule has 0 spiro atoms. The summed E-state index contributed by atoms with van der Waals surface area (Å²) in [5.74, 6) is 1.72. The first-order chi connectivity index (χ1) is 16.3. The summed E-state index contributed by atoms with van der Waals surface area (Å²) in [7, 11) is 0. The molecule has 170 valence electrons. The average molecular weight is 441 g/mol. The predicted molar refractivity (Wildman–Crippen MR) is 138 cm³/mol. The normalized spacial score (nSPS) is 16.4. The number of nitrogens with zero attached hydrogens (tertiary/aromatic N) is 2. The van der Waals surface area contributed by atoms with E-state index in [1.54, 1.807) is 0 Å². The molecule has 0 atom stereocenters. The standard InChI is InChI=1S/C28H32N4O/c1-3-7-23(8-4-1)29-31-25-15-11-21(12-16-25)27-19-20-28(33-27)22-13-17-26(18-14-22)32-30-24-9-5-2-6-10-24/h11-20,31-32H,1-10H2. The Balaban J connectivity index is 1.20. The summed E-state index contributed by atoms with van der Waals surface area (Å²) < 4.78 is 6.15. The zero-order valence-corrected chi connectivity index (χ0v) is 19.1. The monoisotopic (exact) mass is 440 g/mol. The second-order valence-corrected chi connectivity index (χ2v) is 9.02. The quantitative estimate of drug-likeness (QED) is 0.381. The maximum Gasteiger partial charge on any atom is 0.134 e. The third-order valence-corrected chi connectivity index (χ3v) is 6.49. The van der Waals surface area contributed by atoms with Crippen LogP contribution in [0, 0.1) is 0 Å². The van der Waals surface area contributed by atoms with Gasteiger partial charge in [0.05, 0.1) is 11.4 Å². The number of anilines is 2. The Morgan fingerprint density at radius 1 is 0.485 bits per heavy atom. The number of rotatable bonds is 6. The topological polar surface area (TPSA) is 61.9 Å². The number of nitrogens with one attached hydrogen (secondary N) is 2. The van der Waals surface area contributed by atoms with Gasteiger partial charge in [-0.1, -0.05) is 12.8 Å². The molecule has 2 aromatic carbocycles. The van der Waals surface area contributed by atoms with Crippen LogP contribution in [0.1, 0.15) is 64.2 Å². The van der Waals surface area contributed by atoms with Gasteiger partial charge in [-0.15, -0.1) is 0 Å². The summed E-state index contributed by atoms with van der Waals surface area (Å²) >= 11 is 0. The van der Waals surface area contributed by atoms with Gasteiger partial charge < -0.3 is 4.42 Å². The van der Waals surface area contributed by atoms with Gasteiger partial charge in [-0.25, -0.2) is 0 Å². The van der Waals surface area contributed by atoms with E-state index in [9.17, 15) is 0 Å². The van der Waals surface area contributed by atoms with Crippen LogP contribution in [0.2, 0.25) is 0 Å². The Morgan fingerprint density at radius 2 is 0.879 bits per heavy atom. The van der Waals surface area contributed by atoms with E-state index in [2.05, 4.69) is 69.6 Å². The molecule has 2 aliphatic carbocycles. The Hall–Kier alpha value is -3.34. The maximum atomic E-state index is 6.15. The van der Waals surface area contributed by atoms with Crippen molar-refractivity contribution in [3.63, 3.8) is 0 Å². The smallest absolute Gasteiger partial charge is 0.134 e. The third kappa shape index (κ3) is 5.72. The van der Waals surface area contributed by atoms with E-state index in [0.717, 1.165) is 59.7 Å². The van der Waals surface area contributed by atoms with Gasteiger partial charge in [0.1, 0.15) is 11.5 Å². The molecule has 2 fully saturated rings. The Morgan fingerprint density at radius 3 is 1.27 bits per heavy atom. The molecule has 5 rings (SSSR count). The lowest BCUT2D eigenvalue weighted by Crippen LogP contribution is -2.07. The van der Waals surface area contributed by atoms with Crippen molar-refractivity contribution in [2.45, 2.75) is 64.2 Å². The van der Waals surface area contributed by atoms with E-state index in [1.165, 1.54) is 49.9 Å². The van der Waals surface area contributed by atoms with Gasteiger partial charge >= 0.3 is 0 Å². The van der Waals surface area contributed by atoms with Crippen molar-refractivity contribution in [1.82, 2.24) is 0 Å². The molecule has 0 amide bonds. The van der Waals surface area contributed by atoms with Crippen molar-refractivity contribution in [1.29, 1.82) is 0 Å². The Labute approximate surface area is 196 Å². The van der Waals surface area contributed by atoms with E-state index < -0.39 is 0 Å². The van der Waals surface area contributed by atoms with Crippen molar-refractivity contribution in [2.24, 2.45) is 10.2 Å². The van der Waals surface area contributed by atoms with Crippen LogP contribution in [0.15, 0.2) is 75.3 Å². The van der Waals surface area contributed by atoms with Crippen LogP contribution in [0.25, 0.3) is 22.6 Å². The van der Waals surface area contributed by atoms with Gasteiger partial charge in [-0.05, 0) is 112 Å². The molecule has 0 bridgehead atoms. The Bertz CT molecular complexity index is 1010. The molecule has 2 N–H and O–H groups in total. The highest BCUT2D eigenvalue weighted by molar-refractivity contribution is 5.86. The molecule has 2 aliphatic rings. The number of hydrazone groups is 2. The highest BCUT2D eigenvalue weighted by Gasteiger charge is 2.09. The fourth-order valence-electron chi connectivity index (χ4n) is 4.50. The van der Waals surface area contributed by atoms with Crippen LogP contribution in [-0.4, -0.2) is 11.4 Å². The van der Waals surface area contributed by atoms with E-state index in [0.29, 0.717) is 0 Å². The van der Waals surface area contributed by atoms with Gasteiger partial charge in [-0.2, -0.15) is 10.2 Å². The lowest BCUT2D eigenvalue weighted by Gasteiger charge is -2.12. The molecule has 0 radical (unpaired) electrons. The summed E-state index contributed by atoms with van der Waals surface area (Å²) in [5, 5.41) is 9.15. The third-order valence-electron chi connectivity index (χ3n) is 6.49. The van der Waals surface area contributed by atoms with Crippen molar-refractivity contribution >= 4 is 22.8 Å². The summed E-state index contributed by atoms with van der Waals surface area (Å²) in [6.45, 7) is 0. The highest BCUT2D eigenvalue weighted by Crippen LogP contribution is 2.30. The van der Waals surface area contributed by atoms with Gasteiger partial charge in [0, 0.05) is 22.6 Å². The SMILES string of the molecule is c1cc(-c2ccc(-c3ccc(NN=C4CCCCC4)cc3)o2)ccc1NN=C1CCCCC1. The molecule has 1 heterocycles. The van der Waals surface area contributed by atoms with Crippen molar-refractivity contribution in [3.05, 3.63) is 60.7 Å². The zero-order valence-electron chi connectivity index (χ0n) is 19.1. The first-order valence-corrected chi connectivity index (χ1v) is 12.3. The molecule has 0 aliphatic heterocycles. The maximum absolute atomic E-state index is 6.15. The molecule has 33 heavy (non-hydrogen) atoms. The molecular weight excluding hydrogens is 408 g/mol. The van der Waals surface area contributed by atoms with E-state index >= 15 is 0 Å². The predicted octanol–water partition coefficient (Wildman–Crippen LogP) is 8.08. The largest absolute Gasteiger partial charge is 0.456 e. The van der Waals surface area contributed by atoms with Crippen LogP contribution in [0.5, 0.6) is 0 Å². The number of furan rings is 1. The number of benzene rings is 2. The number of hydrogen-bond acceptors (Lipinski definition) is 5. The lowest BCUT2D eigenvalue weighted by molar-refractivity contribution is 0.597. The van der Waals surface area contributed by atoms with Crippen molar-refractivity contribution in [3.8, 4) is 22.6 Å². The summed E-state index contributed by atoms with van der Waals surface area (Å²) in [4.78, 5) is 0. The molecule has 1 aromatic heterocycles. The molecule has 5 heteroatoms. The minimum atomic E-state index is 0.862.